The summed E-state index contributed by atoms with van der Waals surface area (Å²) < 4.78 is 3.41. The largest absolute Gasteiger partial charge is 0.395 e. The third kappa shape index (κ3) is 3.82. The molecular weight excluding hydrogens is 416 g/mol. The van der Waals surface area contributed by atoms with Crippen LogP contribution in [0.25, 0.3) is 22.6 Å². The van der Waals surface area contributed by atoms with Gasteiger partial charge in [-0.2, -0.15) is 0 Å². The molecule has 0 radical (unpaired) electrons. The number of aliphatic hydroxyl groups is 1. The minimum absolute atomic E-state index is 0.153. The molecule has 0 saturated carbocycles. The molecule has 8 nitrogen and oxygen atoms in total. The Balaban J connectivity index is 1.48. The minimum atomic E-state index is -0.153. The average Bonchev–Trinajstić information content (AvgIpc) is 3.15. The van der Waals surface area contributed by atoms with Gasteiger partial charge in [0.05, 0.1) is 34.9 Å². The molecule has 4 aromatic rings. The summed E-state index contributed by atoms with van der Waals surface area (Å²) in [5, 5.41) is 9.62. The van der Waals surface area contributed by atoms with Crippen LogP contribution in [0.4, 0.5) is 0 Å². The van der Waals surface area contributed by atoms with Gasteiger partial charge >= 0.3 is 0 Å². The van der Waals surface area contributed by atoms with Crippen molar-refractivity contribution in [3.63, 3.8) is 0 Å². The van der Waals surface area contributed by atoms with Crippen molar-refractivity contribution >= 4 is 22.9 Å². The molecule has 1 fully saturated rings. The molecule has 160 valence electrons. The van der Waals surface area contributed by atoms with Gasteiger partial charge < -0.3 is 14.4 Å². The lowest BCUT2D eigenvalue weighted by Crippen LogP contribution is -2.35. The monoisotopic (exact) mass is 438 g/mol. The molecule has 0 atom stereocenters. The van der Waals surface area contributed by atoms with Crippen LogP contribution in [0.2, 0.25) is 5.02 Å². The fraction of sp³-hybridized carbons (Fsp3) is 0.364. The highest BCUT2D eigenvalue weighted by Crippen LogP contribution is 2.27. The zero-order valence-corrected chi connectivity index (χ0v) is 18.0. The number of β-amino-alcohol motifs (C(OH)–C–C–N with tert-alkyl or cyclic N) is 1. The Morgan fingerprint density at radius 1 is 1.16 bits per heavy atom. The number of aliphatic hydroxyl groups excluding tert-OH is 1. The van der Waals surface area contributed by atoms with Crippen molar-refractivity contribution in [1.29, 1.82) is 0 Å². The number of halogens is 1. The van der Waals surface area contributed by atoms with Gasteiger partial charge in [-0.1, -0.05) is 11.6 Å². The summed E-state index contributed by atoms with van der Waals surface area (Å²) in [6.07, 6.45) is 9.17. The molecule has 1 saturated heterocycles. The number of imidazole rings is 1. The van der Waals surface area contributed by atoms with Gasteiger partial charge in [-0.25, -0.2) is 9.97 Å². The lowest BCUT2D eigenvalue weighted by Gasteiger charge is -2.31. The van der Waals surface area contributed by atoms with Crippen LogP contribution in [0.15, 0.2) is 41.7 Å². The Morgan fingerprint density at radius 2 is 1.97 bits per heavy atom. The molecular formula is C22H23ClN6O2. The van der Waals surface area contributed by atoms with E-state index in [9.17, 15) is 4.79 Å². The van der Waals surface area contributed by atoms with E-state index in [-0.39, 0.29) is 12.2 Å². The minimum Gasteiger partial charge on any atom is -0.395 e. The quantitative estimate of drug-likeness (QED) is 0.526. The molecule has 0 bridgehead atoms. The lowest BCUT2D eigenvalue weighted by molar-refractivity contribution is 0.163. The highest BCUT2D eigenvalue weighted by atomic mass is 35.5. The van der Waals surface area contributed by atoms with E-state index in [1.807, 2.05) is 29.9 Å². The fourth-order valence-electron chi connectivity index (χ4n) is 4.30. The summed E-state index contributed by atoms with van der Waals surface area (Å²) in [6.45, 7) is 4.64. The molecule has 0 amide bonds. The van der Waals surface area contributed by atoms with Gasteiger partial charge in [0.2, 0.25) is 0 Å². The smallest absolute Gasteiger partial charge is 0.258 e. The standard InChI is InChI=1S/C22H23ClN6O2/c1-14-11-28-12-16(8-17(23)22(28)25-14)18-9-21(31)29-13-19(24-10-20(29)26-18)15-2-4-27(5-3-15)6-7-30/h8-13,15,30H,2-7H2,1H3. The van der Waals surface area contributed by atoms with E-state index in [0.717, 1.165) is 42.9 Å². The van der Waals surface area contributed by atoms with Crippen molar-refractivity contribution in [3.05, 3.63) is 63.7 Å². The highest BCUT2D eigenvalue weighted by Gasteiger charge is 2.22. The van der Waals surface area contributed by atoms with Crippen LogP contribution in [0.5, 0.6) is 0 Å². The molecule has 1 N–H and O–H groups in total. The van der Waals surface area contributed by atoms with E-state index in [1.165, 1.54) is 6.07 Å². The summed E-state index contributed by atoms with van der Waals surface area (Å²) in [7, 11) is 0. The molecule has 1 aliphatic rings. The van der Waals surface area contributed by atoms with Crippen molar-refractivity contribution in [1.82, 2.24) is 28.7 Å². The summed E-state index contributed by atoms with van der Waals surface area (Å²) in [5.41, 5.74) is 4.09. The van der Waals surface area contributed by atoms with Crippen LogP contribution in [0.3, 0.4) is 0 Å². The Morgan fingerprint density at radius 3 is 2.74 bits per heavy atom. The SMILES string of the molecule is Cc1cn2cc(-c3cc(=O)n4cc(C5CCN(CCO)CC5)ncc4n3)cc(Cl)c2n1. The zero-order chi connectivity index (χ0) is 21.5. The summed E-state index contributed by atoms with van der Waals surface area (Å²) >= 11 is 6.40. The highest BCUT2D eigenvalue weighted by molar-refractivity contribution is 6.33. The van der Waals surface area contributed by atoms with Crippen LogP contribution in [-0.2, 0) is 0 Å². The van der Waals surface area contributed by atoms with Gasteiger partial charge in [0.25, 0.3) is 5.56 Å². The van der Waals surface area contributed by atoms with E-state index in [0.29, 0.717) is 34.5 Å². The van der Waals surface area contributed by atoms with Gasteiger partial charge in [0.15, 0.2) is 11.3 Å². The van der Waals surface area contributed by atoms with Gasteiger partial charge in [-0.3, -0.25) is 14.2 Å². The maximum atomic E-state index is 12.9. The Labute approximate surface area is 183 Å². The number of likely N-dealkylation sites (tertiary alicyclic amines) is 1. The number of aryl methyl sites for hydroxylation is 1. The first-order valence-electron chi connectivity index (χ1n) is 10.4. The molecule has 9 heteroatoms. The second-order valence-electron chi connectivity index (χ2n) is 8.05. The van der Waals surface area contributed by atoms with Gasteiger partial charge in [-0.15, -0.1) is 0 Å². The molecule has 5 heterocycles. The Kier molecular flexibility index (Phi) is 5.21. The number of aromatic nitrogens is 5. The topological polar surface area (TPSA) is 88.0 Å². The van der Waals surface area contributed by atoms with Gasteiger partial charge in [-0.05, 0) is 38.9 Å². The lowest BCUT2D eigenvalue weighted by atomic mass is 9.94. The molecule has 4 aromatic heterocycles. The number of hydrogen-bond donors (Lipinski definition) is 1. The van der Waals surface area contributed by atoms with E-state index in [4.69, 9.17) is 16.7 Å². The fourth-order valence-corrected chi connectivity index (χ4v) is 4.56. The van der Waals surface area contributed by atoms with Crippen molar-refractivity contribution in [3.8, 4) is 11.3 Å². The van der Waals surface area contributed by atoms with Gasteiger partial charge in [0.1, 0.15) is 0 Å². The van der Waals surface area contributed by atoms with Crippen LogP contribution in [0, 0.1) is 6.92 Å². The summed E-state index contributed by atoms with van der Waals surface area (Å²) in [5.74, 6) is 0.302. The number of rotatable bonds is 4. The summed E-state index contributed by atoms with van der Waals surface area (Å²) in [4.78, 5) is 28.8. The van der Waals surface area contributed by atoms with E-state index >= 15 is 0 Å². The molecule has 31 heavy (non-hydrogen) atoms. The van der Waals surface area contributed by atoms with Crippen LogP contribution < -0.4 is 5.56 Å². The van der Waals surface area contributed by atoms with Crippen LogP contribution in [-0.4, -0.2) is 60.0 Å². The van der Waals surface area contributed by atoms with Crippen molar-refractivity contribution in [2.75, 3.05) is 26.2 Å². The maximum Gasteiger partial charge on any atom is 0.258 e. The normalized spacial score (nSPS) is 15.8. The van der Waals surface area contributed by atoms with Crippen molar-refractivity contribution in [2.24, 2.45) is 0 Å². The maximum absolute atomic E-state index is 12.9. The average molecular weight is 439 g/mol. The second kappa shape index (κ2) is 8.03. The zero-order valence-electron chi connectivity index (χ0n) is 17.2. The molecule has 0 spiro atoms. The number of pyridine rings is 1. The second-order valence-corrected chi connectivity index (χ2v) is 8.46. The van der Waals surface area contributed by atoms with E-state index < -0.39 is 0 Å². The first kappa shape index (κ1) is 20.1. The van der Waals surface area contributed by atoms with E-state index in [1.54, 1.807) is 16.7 Å². The Hall–Kier alpha value is -2.81. The molecule has 0 aromatic carbocycles. The molecule has 5 rings (SSSR count). The van der Waals surface area contributed by atoms with E-state index in [2.05, 4.69) is 19.9 Å². The number of fused-ring (bicyclic) bond motifs is 2. The first-order valence-corrected chi connectivity index (χ1v) is 10.8. The molecule has 0 unspecified atom stereocenters. The predicted octanol–water partition coefficient (Wildman–Crippen LogP) is 2.54. The predicted molar refractivity (Wildman–Crippen MR) is 119 cm³/mol. The number of nitrogens with zero attached hydrogens (tertiary/aromatic N) is 6. The summed E-state index contributed by atoms with van der Waals surface area (Å²) in [6, 6.07) is 3.31. The van der Waals surface area contributed by atoms with Crippen molar-refractivity contribution < 1.29 is 5.11 Å². The number of piperidine rings is 1. The molecule has 0 aliphatic carbocycles. The third-order valence-corrected chi connectivity index (χ3v) is 6.19. The van der Waals surface area contributed by atoms with Gasteiger partial charge in [0, 0.05) is 42.7 Å². The number of hydrogen-bond acceptors (Lipinski definition) is 6. The Bertz CT molecular complexity index is 1320. The van der Waals surface area contributed by atoms with Crippen LogP contribution >= 0.6 is 11.6 Å². The van der Waals surface area contributed by atoms with Crippen molar-refractivity contribution in [2.45, 2.75) is 25.7 Å². The first-order chi connectivity index (χ1) is 15.0. The van der Waals surface area contributed by atoms with Crippen LogP contribution in [0.1, 0.15) is 30.1 Å². The third-order valence-electron chi connectivity index (χ3n) is 5.91. The molecule has 1 aliphatic heterocycles.